The topological polar surface area (TPSA) is 72.8 Å². The largest absolute Gasteiger partial charge is 0.462 e. The number of allylic oxidation sites excluding steroid dienone is 8. The number of rotatable bonds is 51. The van der Waals surface area contributed by atoms with Gasteiger partial charge in [0.25, 0.3) is 0 Å². The third kappa shape index (κ3) is 52.4. The summed E-state index contributed by atoms with van der Waals surface area (Å²) in [5.41, 5.74) is 0. The maximum atomic E-state index is 12.3. The summed E-state index contributed by atoms with van der Waals surface area (Å²) in [4.78, 5) is 24.5. The summed E-state index contributed by atoms with van der Waals surface area (Å²) in [6.07, 6.45) is 70.8. The molecule has 0 saturated carbocycles. The van der Waals surface area contributed by atoms with Gasteiger partial charge in [-0.2, -0.15) is 0 Å². The molecule has 5 nitrogen and oxygen atoms in total. The van der Waals surface area contributed by atoms with E-state index in [0.29, 0.717) is 12.8 Å². The lowest BCUT2D eigenvalue weighted by Crippen LogP contribution is -2.28. The van der Waals surface area contributed by atoms with Gasteiger partial charge in [-0.3, -0.25) is 9.59 Å². The van der Waals surface area contributed by atoms with Crippen LogP contribution in [0.15, 0.2) is 48.6 Å². The van der Waals surface area contributed by atoms with Crippen LogP contribution >= 0.6 is 0 Å². The molecule has 0 aliphatic carbocycles. The molecule has 5 heteroatoms. The normalized spacial score (nSPS) is 12.5. The second-order valence-corrected chi connectivity index (χ2v) is 18.7. The molecule has 368 valence electrons. The third-order valence-electron chi connectivity index (χ3n) is 12.3. The maximum Gasteiger partial charge on any atom is 0.306 e. The standard InChI is InChI=1S/C58H106O5/c1-3-5-7-9-11-13-15-17-19-21-23-24-25-26-27-28-29-30-31-32-33-34-35-37-39-41-43-45-47-49-51-53-58(61)63-56(54-59)55-62-57(60)52-50-48-46-44-42-40-38-36-22-20-18-16-14-12-10-8-6-4-2/h15,17,20-23,25-26,56,59H,3-14,16,18-19,24,27-55H2,1-2H3/b17-15-,22-20-,23-21-,26-25-. The van der Waals surface area contributed by atoms with Crippen molar-refractivity contribution in [2.75, 3.05) is 13.2 Å². The van der Waals surface area contributed by atoms with Crippen LogP contribution in [0.5, 0.6) is 0 Å². The fourth-order valence-electron chi connectivity index (χ4n) is 8.15. The van der Waals surface area contributed by atoms with Crippen LogP contribution in [0.2, 0.25) is 0 Å². The Morgan fingerprint density at radius 3 is 0.968 bits per heavy atom. The molecular weight excluding hydrogens is 777 g/mol. The summed E-state index contributed by atoms with van der Waals surface area (Å²) in [5.74, 6) is -0.584. The fraction of sp³-hybridized carbons (Fsp3) is 0.828. The van der Waals surface area contributed by atoms with Crippen LogP contribution < -0.4 is 0 Å². The van der Waals surface area contributed by atoms with Crippen LogP contribution in [-0.2, 0) is 19.1 Å². The third-order valence-corrected chi connectivity index (χ3v) is 12.3. The van der Waals surface area contributed by atoms with Gasteiger partial charge in [0.2, 0.25) is 0 Å². The quantitative estimate of drug-likeness (QED) is 0.0374. The molecule has 0 radical (unpaired) electrons. The predicted molar refractivity (Wildman–Crippen MR) is 274 cm³/mol. The molecule has 0 fully saturated rings. The van der Waals surface area contributed by atoms with Gasteiger partial charge in [-0.15, -0.1) is 0 Å². The summed E-state index contributed by atoms with van der Waals surface area (Å²) in [6, 6.07) is 0. The Labute approximate surface area is 392 Å². The molecule has 0 aliphatic rings. The molecule has 0 aromatic rings. The van der Waals surface area contributed by atoms with E-state index in [4.69, 9.17) is 9.47 Å². The Morgan fingerprint density at radius 1 is 0.365 bits per heavy atom. The van der Waals surface area contributed by atoms with E-state index in [1.807, 2.05) is 0 Å². The number of hydrogen-bond donors (Lipinski definition) is 1. The minimum Gasteiger partial charge on any atom is -0.462 e. The van der Waals surface area contributed by atoms with Crippen LogP contribution in [0.1, 0.15) is 290 Å². The van der Waals surface area contributed by atoms with Crippen molar-refractivity contribution in [2.24, 2.45) is 0 Å². The summed E-state index contributed by atoms with van der Waals surface area (Å²) < 4.78 is 10.7. The SMILES string of the molecule is CCCCCCC/C=C\C/C=C\C/C=C\CCCCCCCCCCCCCCCCCCC(=O)OC(CO)COC(=O)CCCCCCCCC/C=C\CCCCCCCCC. The van der Waals surface area contributed by atoms with E-state index < -0.39 is 6.10 Å². The van der Waals surface area contributed by atoms with Gasteiger partial charge in [-0.1, -0.05) is 249 Å². The van der Waals surface area contributed by atoms with Crippen molar-refractivity contribution < 1.29 is 24.2 Å². The second kappa shape index (κ2) is 54.2. The van der Waals surface area contributed by atoms with Crippen LogP contribution in [0.4, 0.5) is 0 Å². The first-order valence-electron chi connectivity index (χ1n) is 27.7. The molecule has 0 saturated heterocycles. The number of carbonyl (C=O) groups excluding carboxylic acids is 2. The Kier molecular flexibility index (Phi) is 52.4. The smallest absolute Gasteiger partial charge is 0.306 e. The first-order chi connectivity index (χ1) is 31.1. The van der Waals surface area contributed by atoms with Crippen molar-refractivity contribution >= 4 is 11.9 Å². The van der Waals surface area contributed by atoms with Gasteiger partial charge in [0.05, 0.1) is 6.61 Å². The molecule has 1 N–H and O–H groups in total. The highest BCUT2D eigenvalue weighted by Gasteiger charge is 2.16. The number of ether oxygens (including phenoxy) is 2. The van der Waals surface area contributed by atoms with Gasteiger partial charge in [0.15, 0.2) is 6.10 Å². The minimum atomic E-state index is -0.773. The van der Waals surface area contributed by atoms with Crippen molar-refractivity contribution in [3.8, 4) is 0 Å². The number of unbranched alkanes of at least 4 members (excludes halogenated alkanes) is 35. The molecule has 0 amide bonds. The lowest BCUT2D eigenvalue weighted by molar-refractivity contribution is -0.161. The van der Waals surface area contributed by atoms with Crippen LogP contribution in [0.25, 0.3) is 0 Å². The lowest BCUT2D eigenvalue weighted by Gasteiger charge is -2.15. The van der Waals surface area contributed by atoms with Crippen molar-refractivity contribution in [1.29, 1.82) is 0 Å². The van der Waals surface area contributed by atoms with E-state index >= 15 is 0 Å². The molecule has 0 bridgehead atoms. The van der Waals surface area contributed by atoms with Gasteiger partial charge >= 0.3 is 11.9 Å². The lowest BCUT2D eigenvalue weighted by atomic mass is 10.0. The molecule has 1 unspecified atom stereocenters. The van der Waals surface area contributed by atoms with Crippen LogP contribution in [-0.4, -0.2) is 36.4 Å². The molecule has 0 aromatic heterocycles. The highest BCUT2D eigenvalue weighted by Crippen LogP contribution is 2.16. The van der Waals surface area contributed by atoms with Crippen molar-refractivity contribution in [3.63, 3.8) is 0 Å². The van der Waals surface area contributed by atoms with Gasteiger partial charge in [0.1, 0.15) is 6.61 Å². The Balaban J connectivity index is 3.46. The van der Waals surface area contributed by atoms with Gasteiger partial charge < -0.3 is 14.6 Å². The fourth-order valence-corrected chi connectivity index (χ4v) is 8.15. The first kappa shape index (κ1) is 60.9. The molecule has 0 rings (SSSR count). The summed E-state index contributed by atoms with van der Waals surface area (Å²) >= 11 is 0. The number of carbonyl (C=O) groups is 2. The maximum absolute atomic E-state index is 12.3. The molecular formula is C58H106O5. The van der Waals surface area contributed by atoms with Crippen LogP contribution in [0, 0.1) is 0 Å². The van der Waals surface area contributed by atoms with E-state index in [2.05, 4.69) is 62.5 Å². The van der Waals surface area contributed by atoms with E-state index in [0.717, 1.165) is 51.4 Å². The van der Waals surface area contributed by atoms with E-state index in [9.17, 15) is 14.7 Å². The Bertz CT molecular complexity index is 1040. The number of esters is 2. The monoisotopic (exact) mass is 883 g/mol. The summed E-state index contributed by atoms with van der Waals surface area (Å²) in [5, 5.41) is 9.64. The van der Waals surface area contributed by atoms with Crippen molar-refractivity contribution in [1.82, 2.24) is 0 Å². The molecule has 0 aliphatic heterocycles. The number of hydrogen-bond acceptors (Lipinski definition) is 5. The summed E-state index contributed by atoms with van der Waals surface area (Å²) in [6.45, 7) is 4.15. The van der Waals surface area contributed by atoms with E-state index in [1.165, 1.54) is 212 Å². The van der Waals surface area contributed by atoms with Gasteiger partial charge in [-0.05, 0) is 77.0 Å². The minimum absolute atomic E-state index is 0.0657. The summed E-state index contributed by atoms with van der Waals surface area (Å²) in [7, 11) is 0. The van der Waals surface area contributed by atoms with E-state index in [-0.39, 0.29) is 25.2 Å². The zero-order valence-electron chi connectivity index (χ0n) is 42.1. The Morgan fingerprint density at radius 2 is 0.635 bits per heavy atom. The second-order valence-electron chi connectivity index (χ2n) is 18.7. The molecule has 1 atom stereocenters. The molecule has 63 heavy (non-hydrogen) atoms. The van der Waals surface area contributed by atoms with Gasteiger partial charge in [-0.25, -0.2) is 0 Å². The van der Waals surface area contributed by atoms with Gasteiger partial charge in [0, 0.05) is 12.8 Å². The average molecular weight is 883 g/mol. The zero-order chi connectivity index (χ0) is 45.6. The van der Waals surface area contributed by atoms with Crippen molar-refractivity contribution in [3.05, 3.63) is 48.6 Å². The average Bonchev–Trinajstić information content (AvgIpc) is 3.29. The van der Waals surface area contributed by atoms with E-state index in [1.54, 1.807) is 0 Å². The zero-order valence-corrected chi connectivity index (χ0v) is 42.1. The molecule has 0 heterocycles. The number of aliphatic hydroxyl groups excluding tert-OH is 1. The number of aliphatic hydroxyl groups is 1. The highest BCUT2D eigenvalue weighted by molar-refractivity contribution is 5.70. The predicted octanol–water partition coefficient (Wildman–Crippen LogP) is 18.5. The Hall–Kier alpha value is -2.14. The highest BCUT2D eigenvalue weighted by atomic mass is 16.6. The van der Waals surface area contributed by atoms with Crippen LogP contribution in [0.3, 0.4) is 0 Å². The molecule has 0 spiro atoms. The molecule has 0 aromatic carbocycles. The van der Waals surface area contributed by atoms with Crippen molar-refractivity contribution in [2.45, 2.75) is 296 Å². The first-order valence-corrected chi connectivity index (χ1v) is 27.7.